The van der Waals surface area contributed by atoms with Crippen LogP contribution in [-0.4, -0.2) is 15.9 Å². The van der Waals surface area contributed by atoms with E-state index in [9.17, 15) is 0 Å². The van der Waals surface area contributed by atoms with Crippen LogP contribution in [0.5, 0.6) is 0 Å². The maximum Gasteiger partial charge on any atom is 0.160 e. The molecule has 1 fully saturated rings. The van der Waals surface area contributed by atoms with E-state index in [1.54, 1.807) is 0 Å². The van der Waals surface area contributed by atoms with Gasteiger partial charge in [0, 0.05) is 5.54 Å². The lowest BCUT2D eigenvalue weighted by atomic mass is 9.74. The fourth-order valence-corrected chi connectivity index (χ4v) is 2.44. The van der Waals surface area contributed by atoms with E-state index in [-0.39, 0.29) is 5.54 Å². The molecule has 5 heteroatoms. The maximum absolute atomic E-state index is 5.82. The average Bonchev–Trinajstić information content (AvgIpc) is 2.76. The summed E-state index contributed by atoms with van der Waals surface area (Å²) in [5.74, 6) is 0. The Morgan fingerprint density at radius 3 is 2.76 bits per heavy atom. The smallest absolute Gasteiger partial charge is 0.160 e. The molecule has 0 bridgehead atoms. The number of hydrogen-bond acceptors (Lipinski definition) is 5. The third kappa shape index (κ3) is 1.53. The van der Waals surface area contributed by atoms with Crippen LogP contribution >= 0.6 is 0 Å². The first kappa shape index (κ1) is 10.4. The Morgan fingerprint density at radius 1 is 1.35 bits per heavy atom. The van der Waals surface area contributed by atoms with Crippen LogP contribution in [-0.2, 0) is 0 Å². The van der Waals surface area contributed by atoms with E-state index in [4.69, 9.17) is 10.4 Å². The summed E-state index contributed by atoms with van der Waals surface area (Å²) < 4.78 is 4.77. The molecule has 0 amide bonds. The van der Waals surface area contributed by atoms with Gasteiger partial charge < -0.3 is 11.1 Å². The molecule has 1 aromatic carbocycles. The van der Waals surface area contributed by atoms with Gasteiger partial charge in [-0.25, -0.2) is 4.63 Å². The molecule has 1 aromatic heterocycles. The first-order valence-corrected chi connectivity index (χ1v) is 6.03. The van der Waals surface area contributed by atoms with Crippen molar-refractivity contribution in [3.63, 3.8) is 0 Å². The number of nitrogens with one attached hydrogen (secondary N) is 1. The van der Waals surface area contributed by atoms with Crippen molar-refractivity contribution in [2.75, 3.05) is 11.1 Å². The molecule has 0 unspecified atom stereocenters. The summed E-state index contributed by atoms with van der Waals surface area (Å²) in [6, 6.07) is 3.80. The summed E-state index contributed by atoms with van der Waals surface area (Å²) in [6.45, 7) is 2.21. The first-order chi connectivity index (χ1) is 8.24. The van der Waals surface area contributed by atoms with Gasteiger partial charge in [-0.05, 0) is 48.1 Å². The van der Waals surface area contributed by atoms with E-state index >= 15 is 0 Å². The third-order valence-electron chi connectivity index (χ3n) is 3.83. The molecule has 2 aromatic rings. The Kier molecular flexibility index (Phi) is 2.21. The van der Waals surface area contributed by atoms with E-state index in [1.807, 2.05) is 12.1 Å². The Labute approximate surface area is 99.3 Å². The minimum Gasteiger partial charge on any atom is -0.397 e. The lowest BCUT2D eigenvalue weighted by molar-refractivity contribution is 0.269. The van der Waals surface area contributed by atoms with Gasteiger partial charge in [-0.15, -0.1) is 0 Å². The molecule has 0 saturated heterocycles. The van der Waals surface area contributed by atoms with Gasteiger partial charge in [-0.2, -0.15) is 0 Å². The van der Waals surface area contributed by atoms with Crippen molar-refractivity contribution in [1.82, 2.24) is 10.3 Å². The zero-order valence-corrected chi connectivity index (χ0v) is 9.86. The second-order valence-electron chi connectivity index (χ2n) is 4.78. The number of benzene rings is 1. The van der Waals surface area contributed by atoms with Gasteiger partial charge in [-0.1, -0.05) is 6.92 Å². The molecule has 0 aliphatic heterocycles. The van der Waals surface area contributed by atoms with Gasteiger partial charge >= 0.3 is 0 Å². The molecule has 90 valence electrons. The quantitative estimate of drug-likeness (QED) is 0.795. The molecule has 0 radical (unpaired) electrons. The molecule has 3 N–H and O–H groups in total. The van der Waals surface area contributed by atoms with Crippen LogP contribution in [0.1, 0.15) is 32.6 Å². The summed E-state index contributed by atoms with van der Waals surface area (Å²) in [5.41, 5.74) is 8.98. The van der Waals surface area contributed by atoms with Crippen molar-refractivity contribution in [3.8, 4) is 0 Å². The summed E-state index contributed by atoms with van der Waals surface area (Å²) in [7, 11) is 0. The highest BCUT2D eigenvalue weighted by Crippen LogP contribution is 2.39. The Morgan fingerprint density at radius 2 is 2.12 bits per heavy atom. The molecule has 17 heavy (non-hydrogen) atoms. The lowest BCUT2D eigenvalue weighted by Crippen LogP contribution is -2.44. The van der Waals surface area contributed by atoms with Gasteiger partial charge in [0.1, 0.15) is 0 Å². The van der Waals surface area contributed by atoms with E-state index in [0.29, 0.717) is 11.2 Å². The van der Waals surface area contributed by atoms with Crippen LogP contribution in [0.25, 0.3) is 11.0 Å². The highest BCUT2D eigenvalue weighted by molar-refractivity contribution is 5.95. The maximum atomic E-state index is 5.82. The number of nitrogens with two attached hydrogens (primary N) is 1. The van der Waals surface area contributed by atoms with Crippen molar-refractivity contribution < 1.29 is 4.63 Å². The minimum atomic E-state index is 0.224. The number of rotatable bonds is 3. The van der Waals surface area contributed by atoms with Crippen LogP contribution in [0, 0.1) is 0 Å². The monoisotopic (exact) mass is 232 g/mol. The Hall–Kier alpha value is -1.78. The Bertz CT molecular complexity index is 539. The molecule has 0 atom stereocenters. The van der Waals surface area contributed by atoms with E-state index in [0.717, 1.165) is 17.6 Å². The molecule has 0 spiro atoms. The molecule has 3 rings (SSSR count). The van der Waals surface area contributed by atoms with Crippen molar-refractivity contribution in [2.24, 2.45) is 0 Å². The fraction of sp³-hybridized carbons (Fsp3) is 0.500. The van der Waals surface area contributed by atoms with Gasteiger partial charge in [-0.3, -0.25) is 0 Å². The molecule has 5 nitrogen and oxygen atoms in total. The van der Waals surface area contributed by atoms with Gasteiger partial charge in [0.05, 0.1) is 11.4 Å². The van der Waals surface area contributed by atoms with Crippen molar-refractivity contribution >= 4 is 22.4 Å². The summed E-state index contributed by atoms with van der Waals surface area (Å²) >= 11 is 0. The first-order valence-electron chi connectivity index (χ1n) is 6.03. The largest absolute Gasteiger partial charge is 0.397 e. The number of aromatic nitrogens is 2. The molecule has 1 saturated carbocycles. The lowest BCUT2D eigenvalue weighted by Gasteiger charge is -2.42. The molecule has 1 heterocycles. The van der Waals surface area contributed by atoms with Gasteiger partial charge in [0.25, 0.3) is 0 Å². The van der Waals surface area contributed by atoms with Crippen LogP contribution in [0.2, 0.25) is 0 Å². The van der Waals surface area contributed by atoms with Crippen LogP contribution in [0.4, 0.5) is 11.4 Å². The zero-order valence-electron chi connectivity index (χ0n) is 9.86. The van der Waals surface area contributed by atoms with Crippen LogP contribution < -0.4 is 11.1 Å². The van der Waals surface area contributed by atoms with Crippen LogP contribution in [0.3, 0.4) is 0 Å². The standard InChI is InChI=1S/C12H16N4O/c1-2-12(6-3-7-12)14-9-5-4-8(13)10-11(9)16-17-15-10/h4-5,14H,2-3,6-7,13H2,1H3. The van der Waals surface area contributed by atoms with E-state index in [2.05, 4.69) is 22.6 Å². The minimum absolute atomic E-state index is 0.224. The highest BCUT2D eigenvalue weighted by atomic mass is 16.6. The van der Waals surface area contributed by atoms with Crippen molar-refractivity contribution in [2.45, 2.75) is 38.1 Å². The highest BCUT2D eigenvalue weighted by Gasteiger charge is 2.35. The summed E-state index contributed by atoms with van der Waals surface area (Å²) in [5, 5.41) is 11.3. The fourth-order valence-electron chi connectivity index (χ4n) is 2.44. The van der Waals surface area contributed by atoms with Crippen molar-refractivity contribution in [1.29, 1.82) is 0 Å². The van der Waals surface area contributed by atoms with E-state index in [1.165, 1.54) is 19.3 Å². The van der Waals surface area contributed by atoms with Crippen molar-refractivity contribution in [3.05, 3.63) is 12.1 Å². The number of nitrogens with zero attached hydrogens (tertiary/aromatic N) is 2. The van der Waals surface area contributed by atoms with Gasteiger partial charge in [0.15, 0.2) is 11.0 Å². The number of fused-ring (bicyclic) bond motifs is 1. The third-order valence-corrected chi connectivity index (χ3v) is 3.83. The van der Waals surface area contributed by atoms with E-state index < -0.39 is 0 Å². The molecular formula is C12H16N4O. The predicted octanol–water partition coefficient (Wildman–Crippen LogP) is 2.55. The van der Waals surface area contributed by atoms with Crippen LogP contribution in [0.15, 0.2) is 16.8 Å². The normalized spacial score (nSPS) is 17.9. The zero-order chi connectivity index (χ0) is 11.9. The SMILES string of the molecule is CCC1(Nc2ccc(N)c3nonc23)CCC1. The summed E-state index contributed by atoms with van der Waals surface area (Å²) in [6.07, 6.45) is 4.82. The number of anilines is 2. The number of nitrogen functional groups attached to an aromatic ring is 1. The second kappa shape index (κ2) is 3.61. The second-order valence-corrected chi connectivity index (χ2v) is 4.78. The van der Waals surface area contributed by atoms with Gasteiger partial charge in [0.2, 0.25) is 0 Å². The molecular weight excluding hydrogens is 216 g/mol. The average molecular weight is 232 g/mol. The molecule has 1 aliphatic rings. The molecule has 1 aliphatic carbocycles. The Balaban J connectivity index is 2.00. The number of hydrogen-bond donors (Lipinski definition) is 2. The summed E-state index contributed by atoms with van der Waals surface area (Å²) in [4.78, 5) is 0. The topological polar surface area (TPSA) is 77.0 Å². The predicted molar refractivity (Wildman–Crippen MR) is 66.7 cm³/mol.